The number of carbonyl (C=O) groups excluding carboxylic acids is 1. The molecule has 2 aromatic heterocycles. The fourth-order valence-corrected chi connectivity index (χ4v) is 5.50. The molecule has 3 aliphatic rings. The van der Waals surface area contributed by atoms with E-state index in [1.165, 1.54) is 11.3 Å². The molecule has 1 atom stereocenters. The molecule has 0 aromatic carbocycles. The van der Waals surface area contributed by atoms with Crippen LogP contribution >= 0.6 is 11.3 Å². The second kappa shape index (κ2) is 8.01. The standard InChI is InChI=1S/C21H26N4O3S/c26-20-15-13-24(14-6-10-28-11-7-14)9-5-16(15)22-19(23-20)17-3-1-8-25(17)21(27)18-4-2-12-29-18/h2,4,12,14,17H,1,3,5-11,13H2,(H,22,23,26). The highest BCUT2D eigenvalue weighted by atomic mass is 32.1. The van der Waals surface area contributed by atoms with Crippen molar-refractivity contribution >= 4 is 17.2 Å². The molecule has 8 heteroatoms. The molecule has 1 amide bonds. The Balaban J connectivity index is 1.38. The number of nitrogens with zero attached hydrogens (tertiary/aromatic N) is 3. The zero-order valence-corrected chi connectivity index (χ0v) is 17.2. The normalized spacial score (nSPS) is 23.3. The van der Waals surface area contributed by atoms with Gasteiger partial charge in [-0.3, -0.25) is 14.5 Å². The molecule has 0 bridgehead atoms. The van der Waals surface area contributed by atoms with Gasteiger partial charge in [-0.15, -0.1) is 11.3 Å². The molecule has 0 spiro atoms. The summed E-state index contributed by atoms with van der Waals surface area (Å²) in [6, 6.07) is 4.10. The lowest BCUT2D eigenvalue weighted by Gasteiger charge is -2.37. The van der Waals surface area contributed by atoms with Gasteiger partial charge < -0.3 is 14.6 Å². The second-order valence-electron chi connectivity index (χ2n) is 8.07. The van der Waals surface area contributed by atoms with E-state index in [-0.39, 0.29) is 17.5 Å². The van der Waals surface area contributed by atoms with E-state index in [4.69, 9.17) is 9.72 Å². The number of fused-ring (bicyclic) bond motifs is 1. The number of hydrogen-bond donors (Lipinski definition) is 1. The van der Waals surface area contributed by atoms with E-state index in [0.29, 0.717) is 25.0 Å². The molecular formula is C21H26N4O3S. The smallest absolute Gasteiger partial charge is 0.264 e. The van der Waals surface area contributed by atoms with Gasteiger partial charge in [0.05, 0.1) is 22.2 Å². The fourth-order valence-electron chi connectivity index (χ4n) is 4.82. The Kier molecular flexibility index (Phi) is 5.24. The number of amides is 1. The van der Waals surface area contributed by atoms with Crippen molar-refractivity contribution in [2.24, 2.45) is 0 Å². The highest BCUT2D eigenvalue weighted by Crippen LogP contribution is 2.32. The molecule has 29 heavy (non-hydrogen) atoms. The number of carbonyl (C=O) groups is 1. The lowest BCUT2D eigenvalue weighted by Crippen LogP contribution is -2.44. The summed E-state index contributed by atoms with van der Waals surface area (Å²) in [6.45, 7) is 3.90. The van der Waals surface area contributed by atoms with Gasteiger partial charge >= 0.3 is 0 Å². The van der Waals surface area contributed by atoms with Crippen molar-refractivity contribution in [1.29, 1.82) is 0 Å². The molecule has 5 heterocycles. The van der Waals surface area contributed by atoms with Crippen LogP contribution in [0.15, 0.2) is 22.3 Å². The molecule has 0 aliphatic carbocycles. The van der Waals surface area contributed by atoms with Crippen molar-refractivity contribution in [3.05, 3.63) is 49.8 Å². The molecule has 5 rings (SSSR count). The van der Waals surface area contributed by atoms with Gasteiger partial charge in [0.25, 0.3) is 11.5 Å². The summed E-state index contributed by atoms with van der Waals surface area (Å²) in [5, 5.41) is 1.92. The van der Waals surface area contributed by atoms with Crippen LogP contribution in [-0.2, 0) is 17.7 Å². The third-order valence-corrected chi connectivity index (χ3v) is 7.24. The summed E-state index contributed by atoms with van der Waals surface area (Å²) in [6.07, 6.45) is 4.61. The second-order valence-corrected chi connectivity index (χ2v) is 9.02. The van der Waals surface area contributed by atoms with Crippen LogP contribution in [0.2, 0.25) is 0 Å². The summed E-state index contributed by atoms with van der Waals surface area (Å²) in [5.74, 6) is 0.684. The molecule has 154 valence electrons. The van der Waals surface area contributed by atoms with E-state index in [9.17, 15) is 9.59 Å². The van der Waals surface area contributed by atoms with Crippen molar-refractivity contribution in [2.75, 3.05) is 26.3 Å². The lowest BCUT2D eigenvalue weighted by molar-refractivity contribution is 0.0285. The fraction of sp³-hybridized carbons (Fsp3) is 0.571. The Morgan fingerprint density at radius 1 is 1.24 bits per heavy atom. The minimum absolute atomic E-state index is 0.0357. The molecule has 1 unspecified atom stereocenters. The van der Waals surface area contributed by atoms with Crippen molar-refractivity contribution in [3.63, 3.8) is 0 Å². The minimum atomic E-state index is -0.142. The van der Waals surface area contributed by atoms with Gasteiger partial charge in [-0.2, -0.15) is 0 Å². The minimum Gasteiger partial charge on any atom is -0.381 e. The van der Waals surface area contributed by atoms with E-state index in [0.717, 1.165) is 68.0 Å². The molecule has 2 aromatic rings. The van der Waals surface area contributed by atoms with Crippen LogP contribution < -0.4 is 5.56 Å². The Labute approximate surface area is 173 Å². The first kappa shape index (κ1) is 19.0. The molecular weight excluding hydrogens is 388 g/mol. The number of nitrogens with one attached hydrogen (secondary N) is 1. The molecule has 2 saturated heterocycles. The van der Waals surface area contributed by atoms with Crippen LogP contribution in [-0.4, -0.2) is 58.0 Å². The summed E-state index contributed by atoms with van der Waals surface area (Å²) < 4.78 is 5.47. The summed E-state index contributed by atoms with van der Waals surface area (Å²) in [5.41, 5.74) is 1.65. The Morgan fingerprint density at radius 2 is 2.10 bits per heavy atom. The average molecular weight is 415 g/mol. The van der Waals surface area contributed by atoms with Crippen molar-refractivity contribution in [3.8, 4) is 0 Å². The quantitative estimate of drug-likeness (QED) is 0.834. The molecule has 0 radical (unpaired) electrons. The Morgan fingerprint density at radius 3 is 2.90 bits per heavy atom. The zero-order chi connectivity index (χ0) is 19.8. The summed E-state index contributed by atoms with van der Waals surface area (Å²) in [4.78, 5) is 38.7. The summed E-state index contributed by atoms with van der Waals surface area (Å²) >= 11 is 1.46. The first-order valence-electron chi connectivity index (χ1n) is 10.5. The molecule has 3 aliphatic heterocycles. The van der Waals surface area contributed by atoms with E-state index < -0.39 is 0 Å². The largest absolute Gasteiger partial charge is 0.381 e. The Hall–Kier alpha value is -2.03. The lowest BCUT2D eigenvalue weighted by atomic mass is 10.0. The number of H-pyrrole nitrogens is 1. The van der Waals surface area contributed by atoms with Crippen molar-refractivity contribution in [1.82, 2.24) is 19.8 Å². The zero-order valence-electron chi connectivity index (χ0n) is 16.4. The van der Waals surface area contributed by atoms with Gasteiger partial charge in [0, 0.05) is 45.3 Å². The SMILES string of the molecule is O=C(c1cccs1)N1CCCC1c1nc2c(c(=O)[nH]1)CN(C1CCOCC1)CC2. The van der Waals surface area contributed by atoms with E-state index in [1.54, 1.807) is 0 Å². The van der Waals surface area contributed by atoms with E-state index in [1.807, 2.05) is 22.4 Å². The highest BCUT2D eigenvalue weighted by molar-refractivity contribution is 7.12. The third-order valence-electron chi connectivity index (χ3n) is 6.38. The Bertz CT molecular complexity index is 936. The van der Waals surface area contributed by atoms with Gasteiger partial charge in [0.15, 0.2) is 0 Å². The van der Waals surface area contributed by atoms with Gasteiger partial charge in [-0.05, 0) is 37.1 Å². The highest BCUT2D eigenvalue weighted by Gasteiger charge is 2.34. The number of ether oxygens (including phenoxy) is 1. The summed E-state index contributed by atoms with van der Waals surface area (Å²) in [7, 11) is 0. The number of aromatic nitrogens is 2. The monoisotopic (exact) mass is 414 g/mol. The van der Waals surface area contributed by atoms with E-state index >= 15 is 0 Å². The van der Waals surface area contributed by atoms with Gasteiger partial charge in [-0.25, -0.2) is 4.98 Å². The van der Waals surface area contributed by atoms with Gasteiger partial charge in [0.1, 0.15) is 5.82 Å². The number of likely N-dealkylation sites (tertiary alicyclic amines) is 1. The number of aromatic amines is 1. The van der Waals surface area contributed by atoms with Crippen molar-refractivity contribution in [2.45, 2.75) is 50.7 Å². The maximum atomic E-state index is 12.9. The van der Waals surface area contributed by atoms with Gasteiger partial charge in [0.2, 0.25) is 0 Å². The van der Waals surface area contributed by atoms with Crippen molar-refractivity contribution < 1.29 is 9.53 Å². The molecule has 0 saturated carbocycles. The van der Waals surface area contributed by atoms with Crippen LogP contribution in [0, 0.1) is 0 Å². The molecule has 2 fully saturated rings. The average Bonchev–Trinajstić information content (AvgIpc) is 3.46. The number of thiophene rings is 1. The first-order chi connectivity index (χ1) is 14.2. The van der Waals surface area contributed by atoms with Gasteiger partial charge in [-0.1, -0.05) is 6.07 Å². The third kappa shape index (κ3) is 3.65. The predicted octanol–water partition coefficient (Wildman–Crippen LogP) is 2.35. The number of rotatable bonds is 3. The molecule has 7 nitrogen and oxygen atoms in total. The maximum absolute atomic E-state index is 12.9. The predicted molar refractivity (Wildman–Crippen MR) is 110 cm³/mol. The maximum Gasteiger partial charge on any atom is 0.264 e. The number of hydrogen-bond acceptors (Lipinski definition) is 6. The molecule has 1 N–H and O–H groups in total. The van der Waals surface area contributed by atoms with E-state index in [2.05, 4.69) is 9.88 Å². The van der Waals surface area contributed by atoms with Crippen LogP contribution in [0.3, 0.4) is 0 Å². The van der Waals surface area contributed by atoms with Crippen LogP contribution in [0.25, 0.3) is 0 Å². The first-order valence-corrected chi connectivity index (χ1v) is 11.4. The van der Waals surface area contributed by atoms with Crippen LogP contribution in [0.5, 0.6) is 0 Å². The van der Waals surface area contributed by atoms with Crippen LogP contribution in [0.1, 0.15) is 58.5 Å². The van der Waals surface area contributed by atoms with Crippen LogP contribution in [0.4, 0.5) is 0 Å². The topological polar surface area (TPSA) is 78.5 Å².